The summed E-state index contributed by atoms with van der Waals surface area (Å²) < 4.78 is 19.8. The second-order valence-corrected chi connectivity index (χ2v) is 9.54. The average Bonchev–Trinajstić information content (AvgIpc) is 2.83. The Morgan fingerprint density at radius 3 is 2.12 bits per heavy atom. The molecule has 2 aromatic rings. The first-order chi connectivity index (χ1) is 16.1. The number of aromatic nitrogens is 2. The zero-order valence-electron chi connectivity index (χ0n) is 21.2. The van der Waals surface area contributed by atoms with Gasteiger partial charge in [-0.05, 0) is 55.0 Å². The highest BCUT2D eigenvalue weighted by Crippen LogP contribution is 2.21. The molecule has 1 heterocycles. The number of hydrogen-bond acceptors (Lipinski definition) is 3. The van der Waals surface area contributed by atoms with E-state index in [1.165, 1.54) is 63.4 Å². The highest BCUT2D eigenvalue weighted by Gasteiger charge is 2.10. The third-order valence-electron chi connectivity index (χ3n) is 6.31. The lowest BCUT2D eigenvalue weighted by molar-refractivity contribution is 0.182. The lowest BCUT2D eigenvalue weighted by Crippen LogP contribution is -2.13. The van der Waals surface area contributed by atoms with Crippen molar-refractivity contribution in [2.45, 2.75) is 110 Å². The van der Waals surface area contributed by atoms with E-state index in [9.17, 15) is 4.39 Å². The fourth-order valence-electron chi connectivity index (χ4n) is 4.21. The molecule has 0 fully saturated rings. The van der Waals surface area contributed by atoms with Crippen LogP contribution in [0.4, 0.5) is 4.39 Å². The third-order valence-corrected chi connectivity index (χ3v) is 6.31. The number of nitrogens with zero attached hydrogens (tertiary/aromatic N) is 2. The third kappa shape index (κ3) is 11.6. The van der Waals surface area contributed by atoms with Gasteiger partial charge in [-0.1, -0.05) is 85.0 Å². The number of alkyl halides is 1. The van der Waals surface area contributed by atoms with Crippen molar-refractivity contribution in [3.05, 3.63) is 42.2 Å². The van der Waals surface area contributed by atoms with Crippen LogP contribution in [0.3, 0.4) is 0 Å². The second kappa shape index (κ2) is 16.6. The number of halogens is 1. The zero-order chi connectivity index (χ0) is 23.7. The maximum absolute atomic E-state index is 14.1. The largest absolute Gasteiger partial charge is 0.491 e. The van der Waals surface area contributed by atoms with Gasteiger partial charge in [0.2, 0.25) is 0 Å². The summed E-state index contributed by atoms with van der Waals surface area (Å²) in [4.78, 5) is 9.08. The van der Waals surface area contributed by atoms with Gasteiger partial charge in [0.15, 0.2) is 5.82 Å². The molecule has 184 valence electrons. The molecule has 33 heavy (non-hydrogen) atoms. The smallest absolute Gasteiger partial charge is 0.159 e. The van der Waals surface area contributed by atoms with Crippen LogP contribution in [0.5, 0.6) is 5.75 Å². The van der Waals surface area contributed by atoms with Gasteiger partial charge >= 0.3 is 0 Å². The molecular formula is C29H45FN2O. The van der Waals surface area contributed by atoms with Crippen LogP contribution in [0.2, 0.25) is 0 Å². The average molecular weight is 457 g/mol. The number of unbranched alkanes of at least 4 members (excludes halogenated alkanes) is 6. The van der Waals surface area contributed by atoms with E-state index in [1.54, 1.807) is 0 Å². The van der Waals surface area contributed by atoms with Crippen LogP contribution in [0, 0.1) is 5.92 Å². The quantitative estimate of drug-likeness (QED) is 0.210. The Bertz CT molecular complexity index is 732. The molecule has 3 nitrogen and oxygen atoms in total. The number of benzene rings is 1. The SMILES string of the molecule is CCCCCCCCCc1cnc(-c2ccc(OCC(F)CCCC(C)CCC)cc2)nc1. The van der Waals surface area contributed by atoms with Crippen LogP contribution in [0.15, 0.2) is 36.7 Å². The molecule has 1 aromatic carbocycles. The normalized spacial score (nSPS) is 13.1. The molecule has 0 aliphatic heterocycles. The molecule has 0 aliphatic rings. The Labute approximate surface area is 201 Å². The predicted molar refractivity (Wildman–Crippen MR) is 137 cm³/mol. The minimum atomic E-state index is -0.911. The molecule has 0 radical (unpaired) electrons. The van der Waals surface area contributed by atoms with E-state index in [0.717, 1.165) is 30.7 Å². The standard InChI is InChI=1S/C29H45FN2O/c1-4-6-7-8-9-10-11-15-25-21-31-29(32-22-25)26-17-19-28(20-18-26)33-23-27(30)16-12-14-24(3)13-5-2/h17-22,24,27H,4-16,23H2,1-3H3. The Kier molecular flexibility index (Phi) is 13.7. The first kappa shape index (κ1) is 27.3. The molecular weight excluding hydrogens is 411 g/mol. The number of ether oxygens (including phenoxy) is 1. The van der Waals surface area contributed by atoms with Crippen LogP contribution in [-0.4, -0.2) is 22.7 Å². The van der Waals surface area contributed by atoms with Crippen molar-refractivity contribution < 1.29 is 9.13 Å². The molecule has 0 N–H and O–H groups in total. The lowest BCUT2D eigenvalue weighted by Gasteiger charge is -2.13. The summed E-state index contributed by atoms with van der Waals surface area (Å²) in [6.45, 7) is 6.82. The van der Waals surface area contributed by atoms with Crippen molar-refractivity contribution in [1.29, 1.82) is 0 Å². The minimum Gasteiger partial charge on any atom is -0.491 e. The summed E-state index contributed by atoms with van der Waals surface area (Å²) in [6, 6.07) is 7.64. The molecule has 2 unspecified atom stereocenters. The Hall–Kier alpha value is -1.97. The fraction of sp³-hybridized carbons (Fsp3) is 0.655. The molecule has 1 aromatic heterocycles. The van der Waals surface area contributed by atoms with Gasteiger partial charge in [0.05, 0.1) is 0 Å². The van der Waals surface area contributed by atoms with Crippen molar-refractivity contribution in [2.75, 3.05) is 6.61 Å². The monoisotopic (exact) mass is 456 g/mol. The maximum atomic E-state index is 14.1. The van der Waals surface area contributed by atoms with E-state index in [4.69, 9.17) is 4.74 Å². The summed E-state index contributed by atoms with van der Waals surface area (Å²) in [6.07, 6.45) is 18.2. The highest BCUT2D eigenvalue weighted by atomic mass is 19.1. The maximum Gasteiger partial charge on any atom is 0.159 e. The van der Waals surface area contributed by atoms with Crippen molar-refractivity contribution >= 4 is 0 Å². The number of aryl methyl sites for hydroxylation is 1. The van der Waals surface area contributed by atoms with Crippen LogP contribution in [0.1, 0.15) is 103 Å². The Morgan fingerprint density at radius 1 is 0.788 bits per heavy atom. The van der Waals surface area contributed by atoms with Gasteiger partial charge in [-0.25, -0.2) is 14.4 Å². The van der Waals surface area contributed by atoms with Gasteiger partial charge in [0.25, 0.3) is 0 Å². The predicted octanol–water partition coefficient (Wildman–Crippen LogP) is 8.76. The summed E-state index contributed by atoms with van der Waals surface area (Å²) >= 11 is 0. The van der Waals surface area contributed by atoms with Gasteiger partial charge < -0.3 is 4.74 Å². The molecule has 0 bridgehead atoms. The van der Waals surface area contributed by atoms with E-state index in [2.05, 4.69) is 30.7 Å². The lowest BCUT2D eigenvalue weighted by atomic mass is 9.98. The molecule has 0 amide bonds. The molecule has 0 saturated carbocycles. The van der Waals surface area contributed by atoms with E-state index < -0.39 is 6.17 Å². The summed E-state index contributed by atoms with van der Waals surface area (Å²) in [5.41, 5.74) is 2.15. The minimum absolute atomic E-state index is 0.116. The second-order valence-electron chi connectivity index (χ2n) is 9.54. The molecule has 0 aliphatic carbocycles. The highest BCUT2D eigenvalue weighted by molar-refractivity contribution is 5.55. The van der Waals surface area contributed by atoms with Crippen LogP contribution < -0.4 is 4.74 Å². The zero-order valence-corrected chi connectivity index (χ0v) is 21.2. The number of hydrogen-bond donors (Lipinski definition) is 0. The van der Waals surface area contributed by atoms with Crippen molar-refractivity contribution in [1.82, 2.24) is 9.97 Å². The van der Waals surface area contributed by atoms with Crippen molar-refractivity contribution in [2.24, 2.45) is 5.92 Å². The summed E-state index contributed by atoms with van der Waals surface area (Å²) in [7, 11) is 0. The van der Waals surface area contributed by atoms with Gasteiger partial charge in [-0.15, -0.1) is 0 Å². The van der Waals surface area contributed by atoms with Crippen molar-refractivity contribution in [3.63, 3.8) is 0 Å². The summed E-state index contributed by atoms with van der Waals surface area (Å²) in [5.74, 6) is 2.10. The number of rotatable bonds is 18. The van der Waals surface area contributed by atoms with Crippen molar-refractivity contribution in [3.8, 4) is 17.1 Å². The van der Waals surface area contributed by atoms with Crippen LogP contribution in [0.25, 0.3) is 11.4 Å². The first-order valence-corrected chi connectivity index (χ1v) is 13.3. The van der Waals surface area contributed by atoms with E-state index in [-0.39, 0.29) is 6.61 Å². The van der Waals surface area contributed by atoms with E-state index in [0.29, 0.717) is 18.1 Å². The van der Waals surface area contributed by atoms with E-state index in [1.807, 2.05) is 36.7 Å². The molecule has 4 heteroatoms. The topological polar surface area (TPSA) is 35.0 Å². The van der Waals surface area contributed by atoms with Gasteiger partial charge in [-0.2, -0.15) is 0 Å². The fourth-order valence-corrected chi connectivity index (χ4v) is 4.21. The van der Waals surface area contributed by atoms with E-state index >= 15 is 0 Å². The Balaban J connectivity index is 1.68. The molecule has 0 saturated heterocycles. The molecule has 2 rings (SSSR count). The molecule has 0 spiro atoms. The van der Waals surface area contributed by atoms with Crippen LogP contribution in [-0.2, 0) is 6.42 Å². The van der Waals surface area contributed by atoms with Gasteiger partial charge in [-0.3, -0.25) is 0 Å². The molecule has 2 atom stereocenters. The summed E-state index contributed by atoms with van der Waals surface area (Å²) in [5, 5.41) is 0. The van der Waals surface area contributed by atoms with Gasteiger partial charge in [0.1, 0.15) is 18.5 Å². The first-order valence-electron chi connectivity index (χ1n) is 13.3. The van der Waals surface area contributed by atoms with Gasteiger partial charge in [0, 0.05) is 18.0 Å². The Morgan fingerprint density at radius 2 is 1.45 bits per heavy atom. The van der Waals surface area contributed by atoms with Crippen LogP contribution >= 0.6 is 0 Å².